The molecule has 18 heavy (non-hydrogen) atoms. The molecule has 1 N–H and O–H groups in total. The van der Waals surface area contributed by atoms with Gasteiger partial charge >= 0.3 is 0 Å². The molecule has 1 rings (SSSR count). The van der Waals surface area contributed by atoms with Crippen LogP contribution in [-0.2, 0) is 0 Å². The van der Waals surface area contributed by atoms with E-state index in [1.54, 1.807) is 0 Å². The summed E-state index contributed by atoms with van der Waals surface area (Å²) in [5.41, 5.74) is -0.619. The summed E-state index contributed by atoms with van der Waals surface area (Å²) in [6.45, 7) is 5.14. The van der Waals surface area contributed by atoms with Crippen molar-refractivity contribution < 1.29 is 19.0 Å². The second-order valence-electron chi connectivity index (χ2n) is 4.42. The molecule has 0 aromatic heterocycles. The van der Waals surface area contributed by atoms with E-state index in [-0.39, 0.29) is 18.1 Å². The lowest BCUT2D eigenvalue weighted by Gasteiger charge is -2.25. The van der Waals surface area contributed by atoms with Crippen LogP contribution in [0.5, 0.6) is 5.75 Å². The molecule has 1 aromatic rings. The quantitative estimate of drug-likeness (QED) is 0.794. The van der Waals surface area contributed by atoms with Gasteiger partial charge in [0.1, 0.15) is 18.2 Å². The minimum absolute atomic E-state index is 0.0454. The van der Waals surface area contributed by atoms with Crippen molar-refractivity contribution in [2.24, 2.45) is 0 Å². The average molecular weight is 254 g/mol. The molecular weight excluding hydrogens is 235 g/mol. The maximum absolute atomic E-state index is 13.1. The first-order valence-electron chi connectivity index (χ1n) is 6.07. The Bertz CT molecular complexity index is 425. The predicted octanol–water partition coefficient (Wildman–Crippen LogP) is 2.96. The SMILES string of the molecule is CCC(O)(CC)COc1cc(F)ccc1C(C)=O. The van der Waals surface area contributed by atoms with Crippen molar-refractivity contribution >= 4 is 5.78 Å². The van der Waals surface area contributed by atoms with Crippen molar-refractivity contribution in [1.82, 2.24) is 0 Å². The number of ether oxygens (including phenoxy) is 1. The van der Waals surface area contributed by atoms with Crippen LogP contribution in [0.3, 0.4) is 0 Å². The smallest absolute Gasteiger partial charge is 0.163 e. The molecule has 4 heteroatoms. The Morgan fingerprint density at radius 2 is 2.00 bits per heavy atom. The molecule has 0 heterocycles. The van der Waals surface area contributed by atoms with Crippen LogP contribution in [0.4, 0.5) is 4.39 Å². The van der Waals surface area contributed by atoms with Crippen LogP contribution in [0, 0.1) is 5.82 Å². The summed E-state index contributed by atoms with van der Waals surface area (Å²) < 4.78 is 18.6. The van der Waals surface area contributed by atoms with E-state index in [0.717, 1.165) is 0 Å². The molecule has 0 saturated carbocycles. The number of Topliss-reactive ketones (excluding diaryl/α,β-unsaturated/α-hetero) is 1. The van der Waals surface area contributed by atoms with Crippen LogP contribution in [0.1, 0.15) is 44.0 Å². The highest BCUT2D eigenvalue weighted by molar-refractivity contribution is 5.96. The standard InChI is InChI=1S/C14H19FO3/c1-4-14(17,5-2)9-18-13-8-11(15)6-7-12(13)10(3)16/h6-8,17H,4-5,9H2,1-3H3. The lowest BCUT2D eigenvalue weighted by Crippen LogP contribution is -2.34. The average Bonchev–Trinajstić information content (AvgIpc) is 2.35. The molecule has 0 aliphatic rings. The lowest BCUT2D eigenvalue weighted by atomic mass is 9.99. The Kier molecular flexibility index (Phi) is 4.84. The molecule has 1 aromatic carbocycles. The molecule has 0 amide bonds. The number of hydrogen-bond donors (Lipinski definition) is 1. The van der Waals surface area contributed by atoms with E-state index in [9.17, 15) is 14.3 Å². The van der Waals surface area contributed by atoms with Gasteiger partial charge in [0.15, 0.2) is 5.78 Å². The minimum Gasteiger partial charge on any atom is -0.490 e. The highest BCUT2D eigenvalue weighted by Crippen LogP contribution is 2.23. The van der Waals surface area contributed by atoms with Gasteiger partial charge in [0, 0.05) is 6.07 Å². The number of ketones is 1. The molecule has 0 aliphatic carbocycles. The summed E-state index contributed by atoms with van der Waals surface area (Å²) in [7, 11) is 0. The van der Waals surface area contributed by atoms with Crippen molar-refractivity contribution in [2.45, 2.75) is 39.2 Å². The monoisotopic (exact) mass is 254 g/mol. The zero-order valence-corrected chi connectivity index (χ0v) is 11.0. The Hall–Kier alpha value is -1.42. The maximum Gasteiger partial charge on any atom is 0.163 e. The number of hydrogen-bond acceptors (Lipinski definition) is 3. The Morgan fingerprint density at radius 1 is 1.39 bits per heavy atom. The van der Waals surface area contributed by atoms with E-state index >= 15 is 0 Å². The van der Waals surface area contributed by atoms with Gasteiger partial charge < -0.3 is 9.84 Å². The third-order valence-corrected chi connectivity index (χ3v) is 3.14. The van der Waals surface area contributed by atoms with E-state index in [0.29, 0.717) is 18.4 Å². The van der Waals surface area contributed by atoms with E-state index < -0.39 is 11.4 Å². The molecule has 100 valence electrons. The van der Waals surface area contributed by atoms with Crippen LogP contribution in [-0.4, -0.2) is 23.1 Å². The van der Waals surface area contributed by atoms with Gasteiger partial charge in [-0.1, -0.05) is 13.8 Å². The van der Waals surface area contributed by atoms with Crippen molar-refractivity contribution in [3.63, 3.8) is 0 Å². The van der Waals surface area contributed by atoms with Gasteiger partial charge in [-0.25, -0.2) is 4.39 Å². The number of carbonyl (C=O) groups excluding carboxylic acids is 1. The predicted molar refractivity (Wildman–Crippen MR) is 67.4 cm³/mol. The Balaban J connectivity index is 2.90. The fourth-order valence-electron chi connectivity index (χ4n) is 1.57. The van der Waals surface area contributed by atoms with Gasteiger partial charge in [-0.2, -0.15) is 0 Å². The zero-order valence-electron chi connectivity index (χ0n) is 11.0. The van der Waals surface area contributed by atoms with E-state index in [1.807, 2.05) is 13.8 Å². The molecule has 0 saturated heterocycles. The van der Waals surface area contributed by atoms with Crippen LogP contribution in [0.2, 0.25) is 0 Å². The first-order chi connectivity index (χ1) is 8.41. The highest BCUT2D eigenvalue weighted by atomic mass is 19.1. The van der Waals surface area contributed by atoms with Crippen LogP contribution >= 0.6 is 0 Å². The van der Waals surface area contributed by atoms with Gasteiger partial charge in [-0.05, 0) is 31.9 Å². The number of halogens is 1. The summed E-state index contributed by atoms with van der Waals surface area (Å²) >= 11 is 0. The summed E-state index contributed by atoms with van der Waals surface area (Å²) in [6.07, 6.45) is 1.07. The van der Waals surface area contributed by atoms with Crippen LogP contribution < -0.4 is 4.74 Å². The van der Waals surface area contributed by atoms with Gasteiger partial charge in [-0.3, -0.25) is 4.79 Å². The molecular formula is C14H19FO3. The molecule has 0 spiro atoms. The minimum atomic E-state index is -0.944. The zero-order chi connectivity index (χ0) is 13.8. The first kappa shape index (κ1) is 14.6. The molecule has 0 aliphatic heterocycles. The fraction of sp³-hybridized carbons (Fsp3) is 0.500. The number of aliphatic hydroxyl groups is 1. The summed E-state index contributed by atoms with van der Waals surface area (Å²) in [6, 6.07) is 3.78. The number of benzene rings is 1. The summed E-state index contributed by atoms with van der Waals surface area (Å²) in [5, 5.41) is 10.1. The van der Waals surface area contributed by atoms with Gasteiger partial charge in [0.25, 0.3) is 0 Å². The third-order valence-electron chi connectivity index (χ3n) is 3.14. The summed E-state index contributed by atoms with van der Waals surface area (Å²) in [4.78, 5) is 11.4. The van der Waals surface area contributed by atoms with E-state index in [2.05, 4.69) is 0 Å². The highest BCUT2D eigenvalue weighted by Gasteiger charge is 2.24. The second kappa shape index (κ2) is 5.96. The largest absolute Gasteiger partial charge is 0.490 e. The van der Waals surface area contributed by atoms with Crippen molar-refractivity contribution in [1.29, 1.82) is 0 Å². The second-order valence-corrected chi connectivity index (χ2v) is 4.42. The third kappa shape index (κ3) is 3.53. The molecule has 0 unspecified atom stereocenters. The Labute approximate surface area is 107 Å². The van der Waals surface area contributed by atoms with Gasteiger partial charge in [0.05, 0.1) is 11.2 Å². The fourth-order valence-corrected chi connectivity index (χ4v) is 1.57. The molecule has 3 nitrogen and oxygen atoms in total. The van der Waals surface area contributed by atoms with Crippen molar-refractivity contribution in [2.75, 3.05) is 6.61 Å². The van der Waals surface area contributed by atoms with Crippen molar-refractivity contribution in [3.8, 4) is 5.75 Å². The van der Waals surface area contributed by atoms with Crippen molar-refractivity contribution in [3.05, 3.63) is 29.6 Å². The van der Waals surface area contributed by atoms with Crippen LogP contribution in [0.25, 0.3) is 0 Å². The topological polar surface area (TPSA) is 46.5 Å². The molecule has 0 atom stereocenters. The van der Waals surface area contributed by atoms with Gasteiger partial charge in [0.2, 0.25) is 0 Å². The summed E-state index contributed by atoms with van der Waals surface area (Å²) in [5.74, 6) is -0.476. The Morgan fingerprint density at radius 3 is 2.50 bits per heavy atom. The number of carbonyl (C=O) groups is 1. The normalized spacial score (nSPS) is 11.4. The van der Waals surface area contributed by atoms with E-state index in [1.165, 1.54) is 25.1 Å². The number of rotatable bonds is 6. The molecule has 0 radical (unpaired) electrons. The first-order valence-corrected chi connectivity index (χ1v) is 6.07. The van der Waals surface area contributed by atoms with Crippen LogP contribution in [0.15, 0.2) is 18.2 Å². The molecule has 0 bridgehead atoms. The lowest BCUT2D eigenvalue weighted by molar-refractivity contribution is -0.0116. The van der Waals surface area contributed by atoms with E-state index in [4.69, 9.17) is 4.74 Å². The van der Waals surface area contributed by atoms with Gasteiger partial charge in [-0.15, -0.1) is 0 Å². The maximum atomic E-state index is 13.1. The molecule has 0 fully saturated rings.